The molecular formula is C28H55N2O+. The molecule has 0 spiro atoms. The Balaban J connectivity index is 1.86. The molecule has 1 heterocycles. The molecule has 1 rings (SSSR count). The molecular weight excluding hydrogens is 380 g/mol. The number of rotatable bonds is 21. The van der Waals surface area contributed by atoms with Gasteiger partial charge in [-0.2, -0.15) is 0 Å². The Morgan fingerprint density at radius 2 is 1.26 bits per heavy atom. The molecule has 0 fully saturated rings. The van der Waals surface area contributed by atoms with Crippen molar-refractivity contribution in [3.8, 4) is 0 Å². The molecule has 0 aliphatic carbocycles. The molecule has 0 bridgehead atoms. The molecule has 0 saturated heterocycles. The van der Waals surface area contributed by atoms with Crippen molar-refractivity contribution < 1.29 is 9.59 Å². The molecule has 0 saturated carbocycles. The lowest BCUT2D eigenvalue weighted by atomic mass is 10.0. The Kier molecular flexibility index (Phi) is 17.1. The van der Waals surface area contributed by atoms with Crippen LogP contribution in [0.1, 0.15) is 136 Å². The highest BCUT2D eigenvalue weighted by molar-refractivity contribution is 4.85. The molecule has 0 aromatic carbocycles. The van der Waals surface area contributed by atoms with E-state index in [1.807, 2.05) is 13.1 Å². The first-order valence-corrected chi connectivity index (χ1v) is 13.8. The third-order valence-corrected chi connectivity index (χ3v) is 7.20. The molecule has 3 nitrogen and oxygen atoms in total. The van der Waals surface area contributed by atoms with Crippen LogP contribution in [0.2, 0.25) is 0 Å². The van der Waals surface area contributed by atoms with Gasteiger partial charge in [0.05, 0.1) is 12.7 Å². The summed E-state index contributed by atoms with van der Waals surface area (Å²) in [7, 11) is 0. The molecule has 0 aromatic rings. The Hall–Kier alpha value is -0.800. The monoisotopic (exact) mass is 435 g/mol. The zero-order valence-electron chi connectivity index (χ0n) is 21.3. The highest BCUT2D eigenvalue weighted by Gasteiger charge is 2.40. The maximum absolute atomic E-state index is 10.2. The number of allylic oxidation sites excluding steroid dienone is 2. The van der Waals surface area contributed by atoms with Gasteiger partial charge in [-0.15, -0.1) is 0 Å². The van der Waals surface area contributed by atoms with Crippen LogP contribution in [0.3, 0.4) is 0 Å². The third-order valence-electron chi connectivity index (χ3n) is 7.20. The van der Waals surface area contributed by atoms with Crippen molar-refractivity contribution in [3.05, 3.63) is 24.6 Å². The molecule has 3 heteroatoms. The predicted molar refractivity (Wildman–Crippen MR) is 136 cm³/mol. The Morgan fingerprint density at radius 3 is 1.74 bits per heavy atom. The summed E-state index contributed by atoms with van der Waals surface area (Å²) >= 11 is 0. The molecule has 182 valence electrons. The summed E-state index contributed by atoms with van der Waals surface area (Å²) in [4.78, 5) is 0. The second-order valence-electron chi connectivity index (χ2n) is 9.73. The zero-order valence-corrected chi connectivity index (χ0v) is 21.3. The van der Waals surface area contributed by atoms with Gasteiger partial charge in [-0.25, -0.2) is 0 Å². The molecule has 0 amide bonds. The molecule has 31 heavy (non-hydrogen) atoms. The normalized spacial score (nSPS) is 21.7. The van der Waals surface area contributed by atoms with E-state index in [9.17, 15) is 5.11 Å². The molecule has 0 aromatic heterocycles. The maximum Gasteiger partial charge on any atom is 0.193 e. The average molecular weight is 436 g/mol. The van der Waals surface area contributed by atoms with E-state index < -0.39 is 0 Å². The fourth-order valence-corrected chi connectivity index (χ4v) is 4.95. The SMILES string of the molecule is CCCCCCCCCCCCCC/C=C/CCCCCC1NC=C[N+]1(CC)C(C)O. The van der Waals surface area contributed by atoms with Gasteiger partial charge < -0.3 is 10.4 Å². The number of unbranched alkanes of at least 4 members (excludes halogenated alkanes) is 15. The third kappa shape index (κ3) is 12.1. The number of aliphatic hydroxyl groups is 1. The van der Waals surface area contributed by atoms with Gasteiger partial charge in [0, 0.05) is 13.3 Å². The van der Waals surface area contributed by atoms with Gasteiger partial charge in [0.15, 0.2) is 12.4 Å². The minimum Gasteiger partial charge on any atom is -0.345 e. The van der Waals surface area contributed by atoms with Crippen molar-refractivity contribution in [1.29, 1.82) is 0 Å². The van der Waals surface area contributed by atoms with Crippen LogP contribution < -0.4 is 5.32 Å². The second kappa shape index (κ2) is 18.7. The molecule has 3 atom stereocenters. The molecule has 2 N–H and O–H groups in total. The fraction of sp³-hybridized carbons (Fsp3) is 0.857. The van der Waals surface area contributed by atoms with Crippen LogP contribution in [-0.4, -0.2) is 28.5 Å². The number of hydrogen-bond acceptors (Lipinski definition) is 2. The summed E-state index contributed by atoms with van der Waals surface area (Å²) in [5.41, 5.74) is 0. The first-order chi connectivity index (χ1) is 15.2. The molecule has 3 unspecified atom stereocenters. The van der Waals surface area contributed by atoms with E-state index >= 15 is 0 Å². The first kappa shape index (κ1) is 28.2. The fourth-order valence-electron chi connectivity index (χ4n) is 4.95. The van der Waals surface area contributed by atoms with E-state index in [4.69, 9.17) is 0 Å². The highest BCUT2D eigenvalue weighted by atomic mass is 16.3. The number of nitrogens with zero attached hydrogens (tertiary/aromatic N) is 1. The predicted octanol–water partition coefficient (Wildman–Crippen LogP) is 8.16. The minimum absolute atomic E-state index is 0.339. The minimum atomic E-state index is -0.343. The van der Waals surface area contributed by atoms with Crippen LogP contribution in [0, 0.1) is 0 Å². The maximum atomic E-state index is 10.2. The van der Waals surface area contributed by atoms with Crippen molar-refractivity contribution in [2.75, 3.05) is 6.54 Å². The van der Waals surface area contributed by atoms with Crippen molar-refractivity contribution in [2.45, 2.75) is 149 Å². The summed E-state index contributed by atoms with van der Waals surface area (Å²) in [6.45, 7) is 7.31. The summed E-state index contributed by atoms with van der Waals surface area (Å²) in [6.07, 6.45) is 33.5. The first-order valence-electron chi connectivity index (χ1n) is 13.8. The van der Waals surface area contributed by atoms with Crippen molar-refractivity contribution in [1.82, 2.24) is 5.32 Å². The highest BCUT2D eigenvalue weighted by Crippen LogP contribution is 2.25. The topological polar surface area (TPSA) is 32.3 Å². The zero-order chi connectivity index (χ0) is 22.6. The number of quaternary nitrogens is 1. The Morgan fingerprint density at radius 1 is 0.774 bits per heavy atom. The van der Waals surface area contributed by atoms with Crippen molar-refractivity contribution >= 4 is 0 Å². The van der Waals surface area contributed by atoms with Crippen LogP contribution in [0.25, 0.3) is 0 Å². The molecule has 1 aliphatic rings. The van der Waals surface area contributed by atoms with Crippen LogP contribution in [-0.2, 0) is 0 Å². The molecule has 0 radical (unpaired) electrons. The quantitative estimate of drug-likeness (QED) is 0.108. The average Bonchev–Trinajstić information content (AvgIpc) is 3.19. The lowest BCUT2D eigenvalue weighted by molar-refractivity contribution is -0.942. The van der Waals surface area contributed by atoms with Gasteiger partial charge in [-0.3, -0.25) is 4.48 Å². The van der Waals surface area contributed by atoms with E-state index in [-0.39, 0.29) is 6.23 Å². The van der Waals surface area contributed by atoms with Crippen LogP contribution >= 0.6 is 0 Å². The van der Waals surface area contributed by atoms with Crippen LogP contribution in [0.5, 0.6) is 0 Å². The summed E-state index contributed by atoms with van der Waals surface area (Å²) in [5.74, 6) is 0. The second-order valence-corrected chi connectivity index (χ2v) is 9.73. The van der Waals surface area contributed by atoms with Crippen molar-refractivity contribution in [3.63, 3.8) is 0 Å². The van der Waals surface area contributed by atoms with Gasteiger partial charge >= 0.3 is 0 Å². The number of aliphatic hydroxyl groups excluding tert-OH is 1. The van der Waals surface area contributed by atoms with Crippen LogP contribution in [0.4, 0.5) is 0 Å². The lowest BCUT2D eigenvalue weighted by Crippen LogP contribution is -2.57. The van der Waals surface area contributed by atoms with Gasteiger partial charge in [0.2, 0.25) is 0 Å². The molecule has 1 aliphatic heterocycles. The Labute approximate surface area is 195 Å². The van der Waals surface area contributed by atoms with E-state index in [1.54, 1.807) is 0 Å². The lowest BCUT2D eigenvalue weighted by Gasteiger charge is -2.39. The summed E-state index contributed by atoms with van der Waals surface area (Å²) < 4.78 is 0.666. The Bertz CT molecular complexity index is 460. The summed E-state index contributed by atoms with van der Waals surface area (Å²) in [5, 5.41) is 13.7. The van der Waals surface area contributed by atoms with Crippen molar-refractivity contribution in [2.24, 2.45) is 0 Å². The largest absolute Gasteiger partial charge is 0.345 e. The summed E-state index contributed by atoms with van der Waals surface area (Å²) in [6, 6.07) is 0. The van der Waals surface area contributed by atoms with E-state index in [1.165, 1.54) is 109 Å². The number of nitrogens with one attached hydrogen (secondary N) is 1. The standard InChI is InChI=1S/C28H55N2O/c1-4-6-7-8-9-10-11-12-13-14-15-16-17-18-19-20-21-22-23-24-28-29-25-26-30(28,5-2)27(3)31/h18-19,25-29,31H,4-17,20-24H2,1-3H3/q+1/b19-18+. The van der Waals surface area contributed by atoms with Gasteiger partial charge in [-0.1, -0.05) is 96.1 Å². The van der Waals surface area contributed by atoms with Gasteiger partial charge in [-0.05, 0) is 39.0 Å². The smallest absolute Gasteiger partial charge is 0.193 e. The van der Waals surface area contributed by atoms with E-state index in [0.717, 1.165) is 13.0 Å². The van der Waals surface area contributed by atoms with Gasteiger partial charge in [0.1, 0.15) is 6.20 Å². The van der Waals surface area contributed by atoms with E-state index in [2.05, 4.69) is 37.5 Å². The number of hydrogen-bond donors (Lipinski definition) is 2. The van der Waals surface area contributed by atoms with Crippen LogP contribution in [0.15, 0.2) is 24.6 Å². The van der Waals surface area contributed by atoms with E-state index in [0.29, 0.717) is 10.6 Å². The van der Waals surface area contributed by atoms with Gasteiger partial charge in [0.25, 0.3) is 0 Å².